The van der Waals surface area contributed by atoms with E-state index >= 15 is 0 Å². The summed E-state index contributed by atoms with van der Waals surface area (Å²) in [4.78, 5) is 27.3. The van der Waals surface area contributed by atoms with Crippen LogP contribution in [0.2, 0.25) is 0 Å². The number of thiazole rings is 1. The Morgan fingerprint density at radius 3 is 2.67 bits per heavy atom. The van der Waals surface area contributed by atoms with Crippen LogP contribution in [0.3, 0.4) is 0 Å². The number of benzene rings is 1. The van der Waals surface area contributed by atoms with Crippen molar-refractivity contribution in [3.63, 3.8) is 0 Å². The third kappa shape index (κ3) is 3.25. The number of anilines is 2. The van der Waals surface area contributed by atoms with Gasteiger partial charge in [0.05, 0.1) is 12.8 Å². The summed E-state index contributed by atoms with van der Waals surface area (Å²) >= 11 is 0.980. The van der Waals surface area contributed by atoms with E-state index < -0.39 is 11.8 Å². The lowest BCUT2D eigenvalue weighted by Crippen LogP contribution is -2.07. The van der Waals surface area contributed by atoms with Gasteiger partial charge in [-0.1, -0.05) is 17.4 Å². The Balaban J connectivity index is 2.37. The van der Waals surface area contributed by atoms with Gasteiger partial charge in [0, 0.05) is 6.92 Å². The molecule has 0 fully saturated rings. The Labute approximate surface area is 124 Å². The number of ether oxygens (including phenoxy) is 1. The van der Waals surface area contributed by atoms with Gasteiger partial charge < -0.3 is 10.1 Å². The number of carbonyl (C=O) groups is 2. The predicted molar refractivity (Wildman–Crippen MR) is 77.9 cm³/mol. The molecule has 1 N–H and O–H groups in total. The van der Waals surface area contributed by atoms with E-state index in [9.17, 15) is 14.0 Å². The van der Waals surface area contributed by atoms with Crippen molar-refractivity contribution in [2.45, 2.75) is 13.8 Å². The lowest BCUT2D eigenvalue weighted by Gasteiger charge is -2.04. The molecule has 110 valence electrons. The van der Waals surface area contributed by atoms with Crippen LogP contribution < -0.4 is 5.32 Å². The van der Waals surface area contributed by atoms with Crippen LogP contribution in [0.15, 0.2) is 18.2 Å². The monoisotopic (exact) mass is 308 g/mol. The fraction of sp³-hybridized carbons (Fsp3) is 0.214. The zero-order valence-corrected chi connectivity index (χ0v) is 12.5. The van der Waals surface area contributed by atoms with Crippen LogP contribution in [0.25, 0.3) is 0 Å². The molecule has 0 radical (unpaired) electrons. The Morgan fingerprint density at radius 1 is 1.38 bits per heavy atom. The molecule has 0 aliphatic rings. The highest BCUT2D eigenvalue weighted by atomic mass is 32.1. The van der Waals surface area contributed by atoms with Crippen molar-refractivity contribution >= 4 is 33.9 Å². The first-order valence-corrected chi connectivity index (χ1v) is 6.87. The van der Waals surface area contributed by atoms with E-state index in [2.05, 4.69) is 15.0 Å². The Morgan fingerprint density at radius 2 is 2.10 bits per heavy atom. The first-order valence-electron chi connectivity index (χ1n) is 6.05. The number of aromatic nitrogens is 1. The van der Waals surface area contributed by atoms with Gasteiger partial charge in [0.25, 0.3) is 0 Å². The molecule has 1 aromatic heterocycles. The minimum atomic E-state index is -0.700. The number of nitrogens with one attached hydrogen (secondary N) is 1. The van der Waals surface area contributed by atoms with Gasteiger partial charge in [0.1, 0.15) is 10.7 Å². The van der Waals surface area contributed by atoms with Crippen LogP contribution in [-0.2, 0) is 4.74 Å². The number of nitrogens with zero attached hydrogens (tertiary/aromatic N) is 1. The van der Waals surface area contributed by atoms with Gasteiger partial charge >= 0.3 is 5.97 Å². The molecule has 5 nitrogen and oxygen atoms in total. The quantitative estimate of drug-likeness (QED) is 0.693. The van der Waals surface area contributed by atoms with Crippen molar-refractivity contribution < 1.29 is 18.7 Å². The van der Waals surface area contributed by atoms with Crippen molar-refractivity contribution in [3.05, 3.63) is 40.2 Å². The molecule has 2 rings (SSSR count). The zero-order chi connectivity index (χ0) is 15.6. The maximum absolute atomic E-state index is 13.8. The normalized spacial score (nSPS) is 10.3. The number of rotatable bonds is 4. The molecule has 21 heavy (non-hydrogen) atoms. The number of hydrogen-bond acceptors (Lipinski definition) is 6. The van der Waals surface area contributed by atoms with E-state index in [1.165, 1.54) is 20.1 Å². The smallest absolute Gasteiger partial charge is 0.358 e. The second kappa shape index (κ2) is 6.01. The number of ketones is 1. The molecule has 7 heteroatoms. The molecule has 0 atom stereocenters. The SMILES string of the molecule is COC(=O)c1nc(Nc2ccc(C)cc2F)sc1C(C)=O. The van der Waals surface area contributed by atoms with Crippen molar-refractivity contribution in [3.8, 4) is 0 Å². The maximum Gasteiger partial charge on any atom is 0.358 e. The highest BCUT2D eigenvalue weighted by Gasteiger charge is 2.22. The van der Waals surface area contributed by atoms with Gasteiger partial charge in [-0.15, -0.1) is 0 Å². The lowest BCUT2D eigenvalue weighted by atomic mass is 10.2. The van der Waals surface area contributed by atoms with Crippen LogP contribution in [-0.4, -0.2) is 23.8 Å². The second-order valence-electron chi connectivity index (χ2n) is 4.35. The molecule has 0 saturated heterocycles. The van der Waals surface area contributed by atoms with Crippen LogP contribution in [0.4, 0.5) is 15.2 Å². The fourth-order valence-electron chi connectivity index (χ4n) is 1.68. The minimum absolute atomic E-state index is 0.0648. The number of hydrogen-bond donors (Lipinski definition) is 1. The van der Waals surface area contributed by atoms with E-state index in [0.29, 0.717) is 0 Å². The van der Waals surface area contributed by atoms with Crippen molar-refractivity contribution in [1.82, 2.24) is 4.98 Å². The molecule has 0 amide bonds. The van der Waals surface area contributed by atoms with Crippen molar-refractivity contribution in [2.75, 3.05) is 12.4 Å². The van der Waals surface area contributed by atoms with Crippen molar-refractivity contribution in [2.24, 2.45) is 0 Å². The molecule has 0 saturated carbocycles. The van der Waals surface area contributed by atoms with E-state index in [4.69, 9.17) is 0 Å². The summed E-state index contributed by atoms with van der Waals surface area (Å²) in [6, 6.07) is 4.69. The molecule has 0 unspecified atom stereocenters. The molecule has 0 aliphatic heterocycles. The summed E-state index contributed by atoms with van der Waals surface area (Å²) in [5, 5.41) is 3.02. The summed E-state index contributed by atoms with van der Waals surface area (Å²) in [6.07, 6.45) is 0. The van der Waals surface area contributed by atoms with Crippen LogP contribution in [0, 0.1) is 12.7 Å². The number of Topliss-reactive ketones (excluding diaryl/α,β-unsaturated/α-hetero) is 1. The highest BCUT2D eigenvalue weighted by Crippen LogP contribution is 2.28. The average molecular weight is 308 g/mol. The second-order valence-corrected chi connectivity index (χ2v) is 5.35. The number of esters is 1. The van der Waals surface area contributed by atoms with Gasteiger partial charge in [-0.25, -0.2) is 14.2 Å². The van der Waals surface area contributed by atoms with Crippen molar-refractivity contribution in [1.29, 1.82) is 0 Å². The first-order chi connectivity index (χ1) is 9.92. The van der Waals surface area contributed by atoms with E-state index in [-0.39, 0.29) is 27.2 Å². The minimum Gasteiger partial charge on any atom is -0.464 e. The zero-order valence-electron chi connectivity index (χ0n) is 11.7. The summed E-state index contributed by atoms with van der Waals surface area (Å²) in [5.74, 6) is -1.44. The Bertz CT molecular complexity index is 712. The molecule has 1 aromatic carbocycles. The largest absolute Gasteiger partial charge is 0.464 e. The molecule has 1 heterocycles. The summed E-state index contributed by atoms with van der Waals surface area (Å²) in [5.41, 5.74) is 0.947. The molecule has 2 aromatic rings. The molecule has 0 spiro atoms. The van der Waals surface area contributed by atoms with Crippen LogP contribution >= 0.6 is 11.3 Å². The van der Waals surface area contributed by atoms with Gasteiger partial charge in [0.15, 0.2) is 16.6 Å². The highest BCUT2D eigenvalue weighted by molar-refractivity contribution is 7.17. The molecular weight excluding hydrogens is 295 g/mol. The first kappa shape index (κ1) is 15.1. The predicted octanol–water partition coefficient (Wildman–Crippen LogP) is 3.32. The lowest BCUT2D eigenvalue weighted by molar-refractivity contribution is 0.0591. The topological polar surface area (TPSA) is 68.3 Å². The van der Waals surface area contributed by atoms with E-state index in [1.807, 2.05) is 0 Å². The third-order valence-electron chi connectivity index (χ3n) is 2.69. The number of methoxy groups -OCH3 is 1. The van der Waals surface area contributed by atoms with Crippen LogP contribution in [0.1, 0.15) is 32.6 Å². The standard InChI is InChI=1S/C14H13FN2O3S/c1-7-4-5-10(9(15)6-7)16-14-17-11(13(19)20-3)12(21-14)8(2)18/h4-6H,1-3H3,(H,16,17). The van der Waals surface area contributed by atoms with Gasteiger partial charge in [0.2, 0.25) is 0 Å². The van der Waals surface area contributed by atoms with Gasteiger partial charge in [-0.05, 0) is 24.6 Å². The number of aryl methyl sites for hydroxylation is 1. The molecule has 0 aliphatic carbocycles. The van der Waals surface area contributed by atoms with Gasteiger partial charge in [-0.3, -0.25) is 4.79 Å². The molecular formula is C14H13FN2O3S. The van der Waals surface area contributed by atoms with E-state index in [0.717, 1.165) is 16.9 Å². The molecule has 0 bridgehead atoms. The van der Waals surface area contributed by atoms with Crippen LogP contribution in [0.5, 0.6) is 0 Å². The fourth-order valence-corrected chi connectivity index (χ4v) is 2.54. The van der Waals surface area contributed by atoms with E-state index in [1.54, 1.807) is 19.1 Å². The third-order valence-corrected chi connectivity index (χ3v) is 3.76. The summed E-state index contributed by atoms with van der Waals surface area (Å²) in [6.45, 7) is 3.11. The summed E-state index contributed by atoms with van der Waals surface area (Å²) < 4.78 is 18.4. The Hall–Kier alpha value is -2.28. The average Bonchev–Trinajstić information content (AvgIpc) is 2.85. The Kier molecular flexibility index (Phi) is 4.32. The van der Waals surface area contributed by atoms with Gasteiger partial charge in [-0.2, -0.15) is 0 Å². The maximum atomic E-state index is 13.8. The number of halogens is 1. The number of carbonyl (C=O) groups excluding carboxylic acids is 2. The summed E-state index contributed by atoms with van der Waals surface area (Å²) in [7, 11) is 1.21.